The fourth-order valence-electron chi connectivity index (χ4n) is 4.06. The van der Waals surface area contributed by atoms with Crippen LogP contribution in [0.25, 0.3) is 0 Å². The van der Waals surface area contributed by atoms with Gasteiger partial charge < -0.3 is 20.3 Å². The van der Waals surface area contributed by atoms with Crippen molar-refractivity contribution in [3.8, 4) is 0 Å². The van der Waals surface area contributed by atoms with Crippen LogP contribution in [-0.2, 0) is 50.1 Å². The minimum atomic E-state index is -0.960. The minimum absolute atomic E-state index is 0.173. The van der Waals surface area contributed by atoms with E-state index < -0.39 is 23.7 Å². The molecule has 0 aliphatic carbocycles. The molecule has 3 amide bonds. The van der Waals surface area contributed by atoms with Crippen molar-refractivity contribution < 1.29 is 23.9 Å². The zero-order valence-electron chi connectivity index (χ0n) is 25.2. The summed E-state index contributed by atoms with van der Waals surface area (Å²) in [6, 6.07) is 26.5. The SMILES string of the molecule is CCOC(=O)C(=O)N(Cc1ccccc1)Cc1ccc(C)cn1.Cc1ccc(CN(Cc2ccccc2)C(=O)C(N)=O)nc1. The normalized spacial score (nSPS) is 10.2. The van der Waals surface area contributed by atoms with Gasteiger partial charge in [0.05, 0.1) is 31.1 Å². The van der Waals surface area contributed by atoms with E-state index in [1.807, 2.05) is 98.8 Å². The molecule has 0 fully saturated rings. The average Bonchev–Trinajstić information content (AvgIpc) is 3.03. The van der Waals surface area contributed by atoms with E-state index in [4.69, 9.17) is 10.5 Å². The molecule has 228 valence electrons. The first-order chi connectivity index (χ1) is 21.2. The fourth-order valence-corrected chi connectivity index (χ4v) is 4.06. The lowest BCUT2D eigenvalue weighted by Gasteiger charge is -2.21. The van der Waals surface area contributed by atoms with Crippen molar-refractivity contribution in [2.75, 3.05) is 6.61 Å². The smallest absolute Gasteiger partial charge is 0.397 e. The van der Waals surface area contributed by atoms with Crippen molar-refractivity contribution >= 4 is 23.7 Å². The number of carbonyl (C=O) groups excluding carboxylic acids is 4. The number of hydrogen-bond donors (Lipinski definition) is 1. The average molecular weight is 596 g/mol. The van der Waals surface area contributed by atoms with E-state index in [1.165, 1.54) is 9.80 Å². The van der Waals surface area contributed by atoms with Gasteiger partial charge in [0.1, 0.15) is 0 Å². The number of nitrogens with zero attached hydrogens (tertiary/aromatic N) is 4. The van der Waals surface area contributed by atoms with Gasteiger partial charge in [-0.3, -0.25) is 24.4 Å². The lowest BCUT2D eigenvalue weighted by atomic mass is 10.2. The highest BCUT2D eigenvalue weighted by atomic mass is 16.5. The topological polar surface area (TPSA) is 136 Å². The zero-order valence-corrected chi connectivity index (χ0v) is 25.2. The molecule has 10 nitrogen and oxygen atoms in total. The van der Waals surface area contributed by atoms with Crippen molar-refractivity contribution in [1.29, 1.82) is 0 Å². The second kappa shape index (κ2) is 16.9. The van der Waals surface area contributed by atoms with Gasteiger partial charge in [-0.05, 0) is 55.2 Å². The standard InChI is InChI=1S/C18H20N2O3.C16H17N3O2/c1-3-23-18(22)17(21)20(12-15-7-5-4-6-8-15)13-16-10-9-14(2)11-19-16;1-12-7-8-14(18-9-12)11-19(16(21)15(17)20)10-13-5-3-2-4-6-13/h4-11H,3,12-13H2,1-2H3;2-9H,10-11H2,1H3,(H2,17,20). The number of rotatable bonds is 9. The molecular formula is C34H37N5O5. The van der Waals surface area contributed by atoms with Crippen LogP contribution in [0.1, 0.15) is 40.6 Å². The predicted octanol–water partition coefficient (Wildman–Crippen LogP) is 3.89. The van der Waals surface area contributed by atoms with Crippen LogP contribution >= 0.6 is 0 Å². The maximum absolute atomic E-state index is 12.3. The summed E-state index contributed by atoms with van der Waals surface area (Å²) in [6.07, 6.45) is 3.47. The number of amides is 3. The Morgan fingerprint density at radius 1 is 0.636 bits per heavy atom. The van der Waals surface area contributed by atoms with Crippen LogP contribution < -0.4 is 5.73 Å². The van der Waals surface area contributed by atoms with E-state index in [-0.39, 0.29) is 19.7 Å². The first-order valence-electron chi connectivity index (χ1n) is 14.1. The lowest BCUT2D eigenvalue weighted by Crippen LogP contribution is -2.39. The Morgan fingerprint density at radius 3 is 1.43 bits per heavy atom. The van der Waals surface area contributed by atoms with E-state index in [2.05, 4.69) is 9.97 Å². The monoisotopic (exact) mass is 595 g/mol. The molecule has 2 heterocycles. The molecule has 2 N–H and O–H groups in total. The Bertz CT molecular complexity index is 1510. The molecule has 4 rings (SSSR count). The molecule has 0 aliphatic rings. The number of esters is 1. The quantitative estimate of drug-likeness (QED) is 0.229. The summed E-state index contributed by atoms with van der Waals surface area (Å²) in [6.45, 7) is 6.88. The van der Waals surface area contributed by atoms with Gasteiger partial charge in [0.2, 0.25) is 0 Å². The maximum Gasteiger partial charge on any atom is 0.397 e. The first-order valence-corrected chi connectivity index (χ1v) is 14.1. The van der Waals surface area contributed by atoms with Gasteiger partial charge in [0.25, 0.3) is 0 Å². The number of nitrogens with two attached hydrogens (primary N) is 1. The summed E-state index contributed by atoms with van der Waals surface area (Å²) in [7, 11) is 0. The summed E-state index contributed by atoms with van der Waals surface area (Å²) in [4.78, 5) is 58.7. The van der Waals surface area contributed by atoms with Gasteiger partial charge in [0.15, 0.2) is 0 Å². The molecule has 0 bridgehead atoms. The molecule has 0 aliphatic heterocycles. The third kappa shape index (κ3) is 10.8. The van der Waals surface area contributed by atoms with Gasteiger partial charge in [0, 0.05) is 25.5 Å². The van der Waals surface area contributed by atoms with Crippen LogP contribution in [0.3, 0.4) is 0 Å². The summed E-state index contributed by atoms with van der Waals surface area (Å²) < 4.78 is 4.83. The van der Waals surface area contributed by atoms with Crippen LogP contribution in [0, 0.1) is 13.8 Å². The van der Waals surface area contributed by atoms with Gasteiger partial charge >= 0.3 is 23.7 Å². The van der Waals surface area contributed by atoms with Crippen molar-refractivity contribution in [2.45, 2.75) is 47.0 Å². The molecule has 0 radical (unpaired) electrons. The number of aryl methyl sites for hydroxylation is 2. The highest BCUT2D eigenvalue weighted by molar-refractivity contribution is 6.34. The highest BCUT2D eigenvalue weighted by Crippen LogP contribution is 2.11. The highest BCUT2D eigenvalue weighted by Gasteiger charge is 2.24. The van der Waals surface area contributed by atoms with Crippen LogP contribution in [0.2, 0.25) is 0 Å². The first kappa shape index (κ1) is 33.1. The van der Waals surface area contributed by atoms with E-state index in [0.717, 1.165) is 27.9 Å². The fraction of sp³-hybridized carbons (Fsp3) is 0.235. The predicted molar refractivity (Wildman–Crippen MR) is 165 cm³/mol. The van der Waals surface area contributed by atoms with Crippen molar-refractivity contribution in [1.82, 2.24) is 19.8 Å². The number of ether oxygens (including phenoxy) is 1. The number of carbonyl (C=O) groups is 4. The number of hydrogen-bond acceptors (Lipinski definition) is 7. The van der Waals surface area contributed by atoms with Gasteiger partial charge in [-0.2, -0.15) is 0 Å². The molecule has 0 spiro atoms. The molecular weight excluding hydrogens is 558 g/mol. The molecule has 2 aromatic carbocycles. The summed E-state index contributed by atoms with van der Waals surface area (Å²) >= 11 is 0. The molecule has 0 atom stereocenters. The molecule has 0 saturated carbocycles. The third-order valence-electron chi connectivity index (χ3n) is 6.32. The Hall–Kier alpha value is -5.38. The zero-order chi connectivity index (χ0) is 31.9. The lowest BCUT2D eigenvalue weighted by molar-refractivity contribution is -0.160. The summed E-state index contributed by atoms with van der Waals surface area (Å²) in [5.74, 6) is -3.16. The Morgan fingerprint density at radius 2 is 1.07 bits per heavy atom. The number of aromatic nitrogens is 2. The maximum atomic E-state index is 12.3. The van der Waals surface area contributed by atoms with Gasteiger partial charge in [-0.15, -0.1) is 0 Å². The van der Waals surface area contributed by atoms with E-state index in [0.29, 0.717) is 18.8 Å². The van der Waals surface area contributed by atoms with Crippen molar-refractivity contribution in [3.05, 3.63) is 131 Å². The molecule has 2 aromatic heterocycles. The molecule has 4 aromatic rings. The Balaban J connectivity index is 0.000000241. The second-order valence-corrected chi connectivity index (χ2v) is 10.0. The van der Waals surface area contributed by atoms with Crippen LogP contribution in [0.4, 0.5) is 0 Å². The summed E-state index contributed by atoms with van der Waals surface area (Å²) in [5, 5.41) is 0. The Kier molecular flexibility index (Phi) is 12.7. The number of pyridine rings is 2. The number of benzene rings is 2. The Labute approximate surface area is 257 Å². The summed E-state index contributed by atoms with van der Waals surface area (Å²) in [5.41, 5.74) is 10.5. The van der Waals surface area contributed by atoms with Gasteiger partial charge in [-0.1, -0.05) is 72.8 Å². The minimum Gasteiger partial charge on any atom is -0.459 e. The molecule has 44 heavy (non-hydrogen) atoms. The third-order valence-corrected chi connectivity index (χ3v) is 6.32. The van der Waals surface area contributed by atoms with Crippen LogP contribution in [0.15, 0.2) is 97.3 Å². The van der Waals surface area contributed by atoms with Crippen LogP contribution in [-0.4, -0.2) is 50.1 Å². The largest absolute Gasteiger partial charge is 0.459 e. The van der Waals surface area contributed by atoms with E-state index in [1.54, 1.807) is 19.3 Å². The number of primary amides is 1. The molecule has 0 saturated heterocycles. The molecule has 0 unspecified atom stereocenters. The second-order valence-electron chi connectivity index (χ2n) is 10.0. The van der Waals surface area contributed by atoms with Crippen LogP contribution in [0.5, 0.6) is 0 Å². The van der Waals surface area contributed by atoms with Crippen molar-refractivity contribution in [3.63, 3.8) is 0 Å². The van der Waals surface area contributed by atoms with Gasteiger partial charge in [-0.25, -0.2) is 4.79 Å². The molecule has 10 heteroatoms. The van der Waals surface area contributed by atoms with E-state index >= 15 is 0 Å². The van der Waals surface area contributed by atoms with E-state index in [9.17, 15) is 19.2 Å². The van der Waals surface area contributed by atoms with Crippen molar-refractivity contribution in [2.24, 2.45) is 5.73 Å².